The lowest BCUT2D eigenvalue weighted by Crippen LogP contribution is -2.55. The lowest BCUT2D eigenvalue weighted by Gasteiger charge is -2.46. The van der Waals surface area contributed by atoms with E-state index in [0.717, 1.165) is 44.3 Å². The van der Waals surface area contributed by atoms with Crippen molar-refractivity contribution in [1.29, 1.82) is 0 Å². The first-order valence-electron chi connectivity index (χ1n) is 7.76. The average Bonchev–Trinajstić information content (AvgIpc) is 2.65. The molecule has 0 saturated heterocycles. The summed E-state index contributed by atoms with van der Waals surface area (Å²) in [6.45, 7) is 3.53. The van der Waals surface area contributed by atoms with Crippen LogP contribution in [0.1, 0.15) is 38.2 Å². The van der Waals surface area contributed by atoms with Gasteiger partial charge in [-0.1, -0.05) is 25.1 Å². The summed E-state index contributed by atoms with van der Waals surface area (Å²) in [5.74, 6) is 0.886. The van der Waals surface area contributed by atoms with Crippen molar-refractivity contribution in [3.05, 3.63) is 29.8 Å². The van der Waals surface area contributed by atoms with E-state index in [9.17, 15) is 4.79 Å². The third kappa shape index (κ3) is 2.14. The summed E-state index contributed by atoms with van der Waals surface area (Å²) in [7, 11) is 0. The zero-order chi connectivity index (χ0) is 14.2. The summed E-state index contributed by atoms with van der Waals surface area (Å²) in [6.07, 6.45) is 5.21. The predicted molar refractivity (Wildman–Crippen MR) is 81.6 cm³/mol. The van der Waals surface area contributed by atoms with Gasteiger partial charge in [0.2, 0.25) is 5.91 Å². The lowest BCUT2D eigenvalue weighted by molar-refractivity contribution is -0.135. The molecule has 3 heteroatoms. The smallest absolute Gasteiger partial charge is 0.234 e. The quantitative estimate of drug-likeness (QED) is 0.900. The van der Waals surface area contributed by atoms with E-state index in [2.05, 4.69) is 25.1 Å². The summed E-state index contributed by atoms with van der Waals surface area (Å²) < 4.78 is 0. The van der Waals surface area contributed by atoms with Crippen LogP contribution in [0.5, 0.6) is 0 Å². The molecule has 1 amide bonds. The van der Waals surface area contributed by atoms with Gasteiger partial charge in [-0.2, -0.15) is 0 Å². The third-order valence-electron chi connectivity index (χ3n) is 4.93. The van der Waals surface area contributed by atoms with Crippen molar-refractivity contribution in [1.82, 2.24) is 0 Å². The van der Waals surface area contributed by atoms with E-state index >= 15 is 0 Å². The SMILES string of the molecule is CC1CC(CN)(C(=O)N2CCCCc3ccccc32)C1. The largest absolute Gasteiger partial charge is 0.329 e. The number of fused-ring (bicyclic) bond motifs is 1. The maximum atomic E-state index is 13.0. The van der Waals surface area contributed by atoms with Crippen LogP contribution < -0.4 is 10.6 Å². The van der Waals surface area contributed by atoms with Crippen LogP contribution in [-0.2, 0) is 11.2 Å². The Bertz CT molecular complexity index is 505. The minimum Gasteiger partial charge on any atom is -0.329 e. The maximum Gasteiger partial charge on any atom is 0.234 e. The number of hydrogen-bond acceptors (Lipinski definition) is 2. The van der Waals surface area contributed by atoms with Gasteiger partial charge in [0.05, 0.1) is 5.41 Å². The van der Waals surface area contributed by atoms with Gasteiger partial charge in [0, 0.05) is 18.8 Å². The topological polar surface area (TPSA) is 46.3 Å². The highest BCUT2D eigenvalue weighted by atomic mass is 16.2. The van der Waals surface area contributed by atoms with Crippen molar-refractivity contribution in [2.24, 2.45) is 17.1 Å². The number of rotatable bonds is 2. The maximum absolute atomic E-state index is 13.0. The van der Waals surface area contributed by atoms with Crippen LogP contribution in [0.2, 0.25) is 0 Å². The second-order valence-electron chi connectivity index (χ2n) is 6.54. The first-order valence-corrected chi connectivity index (χ1v) is 7.76. The van der Waals surface area contributed by atoms with Gasteiger partial charge in [-0.3, -0.25) is 4.79 Å². The normalized spacial score (nSPS) is 29.3. The minimum atomic E-state index is -0.295. The second kappa shape index (κ2) is 5.21. The van der Waals surface area contributed by atoms with Crippen LogP contribution in [-0.4, -0.2) is 19.0 Å². The molecule has 1 fully saturated rings. The fourth-order valence-electron chi connectivity index (χ4n) is 3.89. The molecule has 2 N–H and O–H groups in total. The summed E-state index contributed by atoms with van der Waals surface area (Å²) in [5, 5.41) is 0. The number of nitrogens with two attached hydrogens (primary N) is 1. The second-order valence-corrected chi connectivity index (χ2v) is 6.54. The third-order valence-corrected chi connectivity index (χ3v) is 4.93. The summed E-state index contributed by atoms with van der Waals surface area (Å²) in [5.41, 5.74) is 8.07. The highest BCUT2D eigenvalue weighted by molar-refractivity contribution is 5.99. The van der Waals surface area contributed by atoms with Crippen LogP contribution in [0, 0.1) is 11.3 Å². The van der Waals surface area contributed by atoms with Crippen molar-refractivity contribution >= 4 is 11.6 Å². The molecule has 0 bridgehead atoms. The number of carbonyl (C=O) groups excluding carboxylic acids is 1. The van der Waals surface area contributed by atoms with Crippen molar-refractivity contribution < 1.29 is 4.79 Å². The van der Waals surface area contributed by atoms with E-state index in [1.54, 1.807) is 0 Å². The van der Waals surface area contributed by atoms with Gasteiger partial charge in [-0.15, -0.1) is 0 Å². The molecule has 20 heavy (non-hydrogen) atoms. The standard InChI is InChI=1S/C17H24N2O/c1-13-10-17(11-13,12-18)16(20)19-9-5-4-7-14-6-2-3-8-15(14)19/h2-3,6,8,13H,4-5,7,9-12,18H2,1H3. The number of para-hydroxylation sites is 1. The fourth-order valence-corrected chi connectivity index (χ4v) is 3.89. The molecule has 3 rings (SSSR count). The van der Waals surface area contributed by atoms with Gasteiger partial charge in [-0.25, -0.2) is 0 Å². The highest BCUT2D eigenvalue weighted by Crippen LogP contribution is 2.47. The van der Waals surface area contributed by atoms with Gasteiger partial charge in [0.25, 0.3) is 0 Å². The van der Waals surface area contributed by atoms with Gasteiger partial charge < -0.3 is 10.6 Å². The van der Waals surface area contributed by atoms with Crippen molar-refractivity contribution in [2.75, 3.05) is 18.0 Å². The van der Waals surface area contributed by atoms with E-state index in [0.29, 0.717) is 12.5 Å². The molecule has 2 aliphatic rings. The number of anilines is 1. The predicted octanol–water partition coefficient (Wildman–Crippen LogP) is 2.73. The Labute approximate surface area is 121 Å². The van der Waals surface area contributed by atoms with Crippen LogP contribution in [0.15, 0.2) is 24.3 Å². The molecule has 3 nitrogen and oxygen atoms in total. The van der Waals surface area contributed by atoms with Crippen molar-refractivity contribution in [3.63, 3.8) is 0 Å². The van der Waals surface area contributed by atoms with E-state index in [-0.39, 0.29) is 11.3 Å². The average molecular weight is 272 g/mol. The number of nitrogens with zero attached hydrogens (tertiary/aromatic N) is 1. The number of hydrogen-bond donors (Lipinski definition) is 1. The van der Waals surface area contributed by atoms with Crippen LogP contribution in [0.3, 0.4) is 0 Å². The van der Waals surface area contributed by atoms with E-state index in [1.807, 2.05) is 11.0 Å². The molecule has 1 aliphatic carbocycles. The Morgan fingerprint density at radius 1 is 1.35 bits per heavy atom. The van der Waals surface area contributed by atoms with E-state index in [1.165, 1.54) is 5.56 Å². The van der Waals surface area contributed by atoms with Gasteiger partial charge in [0.1, 0.15) is 0 Å². The summed E-state index contributed by atoms with van der Waals surface area (Å²) in [4.78, 5) is 15.1. The molecular formula is C17H24N2O. The molecule has 0 aromatic heterocycles. The molecule has 0 spiro atoms. The molecule has 0 radical (unpaired) electrons. The molecule has 0 unspecified atom stereocenters. The van der Waals surface area contributed by atoms with Crippen LogP contribution in [0.25, 0.3) is 0 Å². The fraction of sp³-hybridized carbons (Fsp3) is 0.588. The Balaban J connectivity index is 1.91. The Morgan fingerprint density at radius 2 is 2.10 bits per heavy atom. The lowest BCUT2D eigenvalue weighted by atomic mass is 9.61. The van der Waals surface area contributed by atoms with Crippen LogP contribution >= 0.6 is 0 Å². The van der Waals surface area contributed by atoms with Gasteiger partial charge >= 0.3 is 0 Å². The Kier molecular flexibility index (Phi) is 3.55. The first kappa shape index (κ1) is 13.6. The zero-order valence-electron chi connectivity index (χ0n) is 12.3. The summed E-state index contributed by atoms with van der Waals surface area (Å²) >= 11 is 0. The van der Waals surface area contributed by atoms with Crippen LogP contribution in [0.4, 0.5) is 5.69 Å². The molecule has 1 heterocycles. The molecular weight excluding hydrogens is 248 g/mol. The summed E-state index contributed by atoms with van der Waals surface area (Å²) in [6, 6.07) is 8.34. The molecule has 1 saturated carbocycles. The number of benzene rings is 1. The molecule has 108 valence electrons. The molecule has 1 aliphatic heterocycles. The van der Waals surface area contributed by atoms with Crippen molar-refractivity contribution in [3.8, 4) is 0 Å². The number of amides is 1. The van der Waals surface area contributed by atoms with E-state index in [4.69, 9.17) is 5.73 Å². The Hall–Kier alpha value is -1.35. The minimum absolute atomic E-state index is 0.257. The molecule has 0 atom stereocenters. The number of aryl methyl sites for hydroxylation is 1. The van der Waals surface area contributed by atoms with Gasteiger partial charge in [0.15, 0.2) is 0 Å². The van der Waals surface area contributed by atoms with E-state index < -0.39 is 0 Å². The monoisotopic (exact) mass is 272 g/mol. The first-order chi connectivity index (χ1) is 9.66. The molecule has 1 aromatic rings. The molecule has 1 aromatic carbocycles. The van der Waals surface area contributed by atoms with Gasteiger partial charge in [-0.05, 0) is 49.7 Å². The van der Waals surface area contributed by atoms with Crippen molar-refractivity contribution in [2.45, 2.75) is 39.0 Å². The Morgan fingerprint density at radius 3 is 2.80 bits per heavy atom. The number of carbonyl (C=O) groups is 1. The highest BCUT2D eigenvalue weighted by Gasteiger charge is 2.49. The zero-order valence-corrected chi connectivity index (χ0v) is 12.3.